The molecule has 2 heterocycles. The third-order valence-electron chi connectivity index (χ3n) is 2.73. The highest BCUT2D eigenvalue weighted by Gasteiger charge is 2.32. The van der Waals surface area contributed by atoms with Crippen molar-refractivity contribution in [1.29, 1.82) is 0 Å². The number of rotatable bonds is 0. The molecule has 3 rings (SSSR count). The summed E-state index contributed by atoms with van der Waals surface area (Å²) in [6.45, 7) is 3.58. The lowest BCUT2D eigenvalue weighted by Crippen LogP contribution is -2.31. The van der Waals surface area contributed by atoms with Crippen molar-refractivity contribution in [2.45, 2.75) is 19.4 Å². The number of hydrogen-bond acceptors (Lipinski definition) is 3. The molecule has 0 saturated carbocycles. The average molecular weight is 222 g/mol. The molecule has 0 N–H and O–H groups in total. The molecule has 1 aromatic rings. The van der Waals surface area contributed by atoms with Crippen LogP contribution in [0.3, 0.4) is 0 Å². The first-order valence-electron chi connectivity index (χ1n) is 5.06. The molecule has 0 amide bonds. The second-order valence-electron chi connectivity index (χ2n) is 4.35. The van der Waals surface area contributed by atoms with Gasteiger partial charge in [-0.05, 0) is 26.0 Å². The van der Waals surface area contributed by atoms with E-state index in [-0.39, 0.29) is 12.6 Å². The van der Waals surface area contributed by atoms with Crippen molar-refractivity contribution in [3.8, 4) is 17.2 Å². The van der Waals surface area contributed by atoms with E-state index in [4.69, 9.17) is 14.2 Å². The van der Waals surface area contributed by atoms with Crippen molar-refractivity contribution in [2.24, 2.45) is 0 Å². The first kappa shape index (κ1) is 9.51. The van der Waals surface area contributed by atoms with E-state index >= 15 is 0 Å². The van der Waals surface area contributed by atoms with Crippen LogP contribution in [0.15, 0.2) is 18.0 Å². The molecule has 0 unspecified atom stereocenters. The van der Waals surface area contributed by atoms with Gasteiger partial charge in [0.15, 0.2) is 17.1 Å². The van der Waals surface area contributed by atoms with Gasteiger partial charge in [0.25, 0.3) is 0 Å². The maximum atomic E-state index is 13.7. The van der Waals surface area contributed by atoms with Gasteiger partial charge in [0, 0.05) is 11.6 Å². The van der Waals surface area contributed by atoms with Crippen LogP contribution in [0.4, 0.5) is 4.39 Å². The van der Waals surface area contributed by atoms with E-state index in [1.54, 1.807) is 26.0 Å². The van der Waals surface area contributed by atoms with Crippen molar-refractivity contribution in [2.75, 3.05) is 6.79 Å². The fraction of sp³-hybridized carbons (Fsp3) is 0.333. The zero-order chi connectivity index (χ0) is 11.3. The van der Waals surface area contributed by atoms with Crippen LogP contribution in [0.1, 0.15) is 19.4 Å². The van der Waals surface area contributed by atoms with Gasteiger partial charge in [0.2, 0.25) is 6.79 Å². The Bertz CT molecular complexity index is 491. The van der Waals surface area contributed by atoms with Crippen LogP contribution in [0, 0.1) is 0 Å². The van der Waals surface area contributed by atoms with Crippen LogP contribution in [0.25, 0.3) is 6.08 Å². The van der Waals surface area contributed by atoms with E-state index in [2.05, 4.69) is 0 Å². The smallest absolute Gasteiger partial charge is 0.231 e. The second-order valence-corrected chi connectivity index (χ2v) is 4.35. The molecule has 3 nitrogen and oxygen atoms in total. The van der Waals surface area contributed by atoms with E-state index < -0.39 is 5.60 Å². The zero-order valence-electron chi connectivity index (χ0n) is 9.04. The Morgan fingerprint density at radius 3 is 2.56 bits per heavy atom. The van der Waals surface area contributed by atoms with E-state index in [9.17, 15) is 4.39 Å². The fourth-order valence-electron chi connectivity index (χ4n) is 1.77. The highest BCUT2D eigenvalue weighted by Crippen LogP contribution is 2.43. The summed E-state index contributed by atoms with van der Waals surface area (Å²) >= 11 is 0. The summed E-state index contributed by atoms with van der Waals surface area (Å²) in [5.41, 5.74) is -0.234. The number of benzene rings is 1. The van der Waals surface area contributed by atoms with Crippen LogP contribution in [-0.2, 0) is 0 Å². The van der Waals surface area contributed by atoms with Crippen LogP contribution < -0.4 is 14.2 Å². The van der Waals surface area contributed by atoms with Gasteiger partial charge in [-0.3, -0.25) is 0 Å². The Kier molecular flexibility index (Phi) is 1.73. The number of halogens is 1. The SMILES string of the molecule is CC1(C)Oc2cc3c(cc2C=C1F)OCO3. The lowest BCUT2D eigenvalue weighted by molar-refractivity contribution is 0.118. The molecule has 4 heteroatoms. The lowest BCUT2D eigenvalue weighted by Gasteiger charge is -2.29. The van der Waals surface area contributed by atoms with E-state index in [1.807, 2.05) is 0 Å². The zero-order valence-corrected chi connectivity index (χ0v) is 9.04. The molecular formula is C12H11FO3. The van der Waals surface area contributed by atoms with Crippen molar-refractivity contribution in [3.63, 3.8) is 0 Å². The molecule has 2 aliphatic heterocycles. The minimum Gasteiger partial charge on any atom is -0.480 e. The molecule has 0 aromatic heterocycles. The molecule has 0 radical (unpaired) electrons. The summed E-state index contributed by atoms with van der Waals surface area (Å²) in [5, 5.41) is 0. The third-order valence-corrected chi connectivity index (χ3v) is 2.73. The predicted octanol–water partition coefficient (Wildman–Crippen LogP) is 2.90. The average Bonchev–Trinajstić information content (AvgIpc) is 2.63. The summed E-state index contributed by atoms with van der Waals surface area (Å²) in [6, 6.07) is 3.47. The van der Waals surface area contributed by atoms with Gasteiger partial charge in [-0.1, -0.05) is 0 Å². The molecule has 1 aromatic carbocycles. The summed E-state index contributed by atoms with van der Waals surface area (Å²) in [6.07, 6.45) is 1.47. The molecule has 0 spiro atoms. The first-order chi connectivity index (χ1) is 7.56. The standard InChI is InChI=1S/C12H11FO3/c1-12(2)11(13)4-7-3-9-10(15-6-14-9)5-8(7)16-12/h3-5H,6H2,1-2H3. The van der Waals surface area contributed by atoms with Crippen molar-refractivity contribution in [3.05, 3.63) is 23.5 Å². The van der Waals surface area contributed by atoms with E-state index in [0.717, 1.165) is 0 Å². The van der Waals surface area contributed by atoms with Gasteiger partial charge < -0.3 is 14.2 Å². The second kappa shape index (κ2) is 2.90. The number of fused-ring (bicyclic) bond motifs is 2. The third kappa shape index (κ3) is 1.26. The maximum Gasteiger partial charge on any atom is 0.231 e. The van der Waals surface area contributed by atoms with Gasteiger partial charge >= 0.3 is 0 Å². The summed E-state index contributed by atoms with van der Waals surface area (Å²) in [4.78, 5) is 0. The minimum absolute atomic E-state index is 0.202. The summed E-state index contributed by atoms with van der Waals surface area (Å²) in [5.74, 6) is 1.60. The molecule has 0 atom stereocenters. The minimum atomic E-state index is -0.916. The fourth-order valence-corrected chi connectivity index (χ4v) is 1.77. The molecule has 0 fully saturated rings. The monoisotopic (exact) mass is 222 g/mol. The molecule has 0 bridgehead atoms. The van der Waals surface area contributed by atoms with E-state index in [1.165, 1.54) is 6.08 Å². The van der Waals surface area contributed by atoms with Crippen molar-refractivity contribution < 1.29 is 18.6 Å². The largest absolute Gasteiger partial charge is 0.480 e. The van der Waals surface area contributed by atoms with Gasteiger partial charge in [0.1, 0.15) is 11.6 Å². The quantitative estimate of drug-likeness (QED) is 0.675. The first-order valence-corrected chi connectivity index (χ1v) is 5.06. The topological polar surface area (TPSA) is 27.7 Å². The van der Waals surface area contributed by atoms with Gasteiger partial charge in [-0.15, -0.1) is 0 Å². The molecule has 16 heavy (non-hydrogen) atoms. The van der Waals surface area contributed by atoms with Crippen LogP contribution in [-0.4, -0.2) is 12.4 Å². The van der Waals surface area contributed by atoms with Crippen LogP contribution >= 0.6 is 0 Å². The lowest BCUT2D eigenvalue weighted by atomic mass is 10.0. The molecule has 0 aliphatic carbocycles. The van der Waals surface area contributed by atoms with Gasteiger partial charge in [-0.25, -0.2) is 4.39 Å². The predicted molar refractivity (Wildman–Crippen MR) is 56.4 cm³/mol. The number of hydrogen-bond donors (Lipinski definition) is 0. The van der Waals surface area contributed by atoms with Crippen molar-refractivity contribution in [1.82, 2.24) is 0 Å². The Hall–Kier alpha value is -1.71. The Balaban J connectivity index is 2.14. The van der Waals surface area contributed by atoms with Crippen LogP contribution in [0.2, 0.25) is 0 Å². The van der Waals surface area contributed by atoms with Crippen LogP contribution in [0.5, 0.6) is 17.2 Å². The highest BCUT2D eigenvalue weighted by molar-refractivity contribution is 5.67. The van der Waals surface area contributed by atoms with Crippen molar-refractivity contribution >= 4 is 6.08 Å². The Morgan fingerprint density at radius 1 is 1.12 bits per heavy atom. The normalized spacial score (nSPS) is 19.8. The molecular weight excluding hydrogens is 211 g/mol. The van der Waals surface area contributed by atoms with Gasteiger partial charge in [-0.2, -0.15) is 0 Å². The molecule has 0 saturated heterocycles. The molecule has 84 valence electrons. The Labute approximate surface area is 92.4 Å². The Morgan fingerprint density at radius 2 is 1.81 bits per heavy atom. The molecule has 2 aliphatic rings. The maximum absolute atomic E-state index is 13.7. The summed E-state index contributed by atoms with van der Waals surface area (Å²) in [7, 11) is 0. The summed E-state index contributed by atoms with van der Waals surface area (Å²) < 4.78 is 29.7. The highest BCUT2D eigenvalue weighted by atomic mass is 19.1. The number of ether oxygens (including phenoxy) is 3. The van der Waals surface area contributed by atoms with Gasteiger partial charge in [0.05, 0.1) is 0 Å². The van der Waals surface area contributed by atoms with E-state index in [0.29, 0.717) is 22.8 Å².